The van der Waals surface area contributed by atoms with E-state index in [1.165, 1.54) is 42.6 Å². The number of thioether (sulfide) groups is 1. The molecule has 192 valence electrons. The van der Waals surface area contributed by atoms with Crippen LogP contribution in [0.2, 0.25) is 0 Å². The second kappa shape index (κ2) is 11.4. The van der Waals surface area contributed by atoms with Crippen LogP contribution in [0.15, 0.2) is 35.4 Å². The largest absolute Gasteiger partial charge is 0.396 e. The van der Waals surface area contributed by atoms with Gasteiger partial charge in [-0.3, -0.25) is 0 Å². The van der Waals surface area contributed by atoms with Crippen molar-refractivity contribution in [1.82, 2.24) is 15.3 Å². The van der Waals surface area contributed by atoms with E-state index in [1.807, 2.05) is 6.07 Å². The van der Waals surface area contributed by atoms with Crippen LogP contribution in [-0.4, -0.2) is 47.1 Å². The Kier molecular flexibility index (Phi) is 8.00. The molecule has 1 heterocycles. The molecule has 36 heavy (non-hydrogen) atoms. The molecule has 4 saturated carbocycles. The monoisotopic (exact) mass is 506 g/mol. The Labute approximate surface area is 218 Å². The van der Waals surface area contributed by atoms with Gasteiger partial charge in [-0.1, -0.05) is 18.2 Å². The van der Waals surface area contributed by atoms with Crippen LogP contribution in [0.5, 0.6) is 0 Å². The zero-order chi connectivity index (χ0) is 25.0. The first kappa shape index (κ1) is 25.3. The van der Waals surface area contributed by atoms with Crippen molar-refractivity contribution in [1.29, 1.82) is 5.26 Å². The summed E-state index contributed by atoms with van der Waals surface area (Å²) < 4.78 is 0. The predicted octanol–water partition coefficient (Wildman–Crippen LogP) is 4.65. The van der Waals surface area contributed by atoms with Gasteiger partial charge in [-0.05, 0) is 92.5 Å². The maximum absolute atomic E-state index is 9.68. The van der Waals surface area contributed by atoms with Crippen LogP contribution < -0.4 is 16.0 Å². The molecule has 0 spiro atoms. The standard InChI is InChI=1S/C28H38N6OS/c1-36-24-7-3-2-6-20(24)16-31-27-32-17-23(15-29)26(34-27)33-18-28-12-19-10-21(13-28)25(22(11-19)14-28)30-8-4-5-9-35/h2-3,6-7,17,19,21-22,25,30,35H,4-5,8-14,16,18H2,1H3,(H2,31,32,33,34)/t19?,21-,22+,25-,28?. The summed E-state index contributed by atoms with van der Waals surface area (Å²) in [6.45, 7) is 2.81. The lowest BCUT2D eigenvalue weighted by molar-refractivity contribution is -0.0692. The fourth-order valence-electron chi connectivity index (χ4n) is 7.23. The number of nitrogens with one attached hydrogen (secondary N) is 3. The molecule has 6 rings (SSSR count). The quantitative estimate of drug-likeness (QED) is 0.243. The van der Waals surface area contributed by atoms with E-state index in [2.05, 4.69) is 51.5 Å². The van der Waals surface area contributed by atoms with Crippen molar-refractivity contribution >= 4 is 23.5 Å². The fraction of sp³-hybridized carbons (Fsp3) is 0.607. The van der Waals surface area contributed by atoms with Gasteiger partial charge in [0.1, 0.15) is 17.5 Å². The molecule has 1 aromatic heterocycles. The summed E-state index contributed by atoms with van der Waals surface area (Å²) in [4.78, 5) is 10.3. The van der Waals surface area contributed by atoms with Crippen LogP contribution in [0.3, 0.4) is 0 Å². The molecule has 0 aliphatic heterocycles. The highest BCUT2D eigenvalue weighted by molar-refractivity contribution is 7.98. The minimum atomic E-state index is 0.284. The second-order valence-corrected chi connectivity index (χ2v) is 11.8. The highest BCUT2D eigenvalue weighted by Gasteiger charge is 2.54. The molecule has 4 fully saturated rings. The van der Waals surface area contributed by atoms with Crippen molar-refractivity contribution in [2.45, 2.75) is 62.4 Å². The number of anilines is 2. The van der Waals surface area contributed by atoms with Crippen molar-refractivity contribution in [3.8, 4) is 6.07 Å². The van der Waals surface area contributed by atoms with E-state index in [1.54, 1.807) is 18.0 Å². The van der Waals surface area contributed by atoms with E-state index in [4.69, 9.17) is 10.1 Å². The number of nitriles is 1. The lowest BCUT2D eigenvalue weighted by atomic mass is 9.48. The molecule has 4 N–H and O–H groups in total. The first-order valence-electron chi connectivity index (χ1n) is 13.3. The average Bonchev–Trinajstić information content (AvgIpc) is 2.90. The van der Waals surface area contributed by atoms with Crippen LogP contribution in [-0.2, 0) is 6.54 Å². The number of hydrogen-bond donors (Lipinski definition) is 4. The van der Waals surface area contributed by atoms with Crippen LogP contribution in [0.4, 0.5) is 11.8 Å². The molecule has 0 saturated heterocycles. The smallest absolute Gasteiger partial charge is 0.224 e. The fourth-order valence-corrected chi connectivity index (χ4v) is 7.84. The van der Waals surface area contributed by atoms with Crippen molar-refractivity contribution in [2.24, 2.45) is 23.2 Å². The van der Waals surface area contributed by atoms with E-state index >= 15 is 0 Å². The van der Waals surface area contributed by atoms with Gasteiger partial charge >= 0.3 is 0 Å². The molecule has 2 unspecified atom stereocenters. The van der Waals surface area contributed by atoms with E-state index in [0.717, 1.165) is 43.7 Å². The zero-order valence-electron chi connectivity index (χ0n) is 21.2. The Hall–Kier alpha value is -2.34. The minimum absolute atomic E-state index is 0.284. The van der Waals surface area contributed by atoms with Crippen molar-refractivity contribution in [3.63, 3.8) is 0 Å². The summed E-state index contributed by atoms with van der Waals surface area (Å²) in [5, 5.41) is 29.6. The third kappa shape index (κ3) is 5.49. The molecular weight excluding hydrogens is 468 g/mol. The van der Waals surface area contributed by atoms with Gasteiger partial charge in [-0.25, -0.2) is 4.98 Å². The maximum atomic E-state index is 9.68. The highest BCUT2D eigenvalue weighted by atomic mass is 32.2. The molecule has 7 nitrogen and oxygen atoms in total. The van der Waals surface area contributed by atoms with E-state index in [-0.39, 0.29) is 6.61 Å². The minimum Gasteiger partial charge on any atom is -0.396 e. The SMILES string of the molecule is CSc1ccccc1CNc1ncc(C#N)c(NCC23CC4C[C@H](C2)[C@@H](NCCCCO)[C@@H](C4)C3)n1. The maximum Gasteiger partial charge on any atom is 0.224 e. The van der Waals surface area contributed by atoms with Gasteiger partial charge in [0.05, 0.1) is 6.20 Å². The highest BCUT2D eigenvalue weighted by Crippen LogP contribution is 2.60. The van der Waals surface area contributed by atoms with Crippen LogP contribution >= 0.6 is 11.8 Å². The molecular formula is C28H38N6OS. The van der Waals surface area contributed by atoms with E-state index in [9.17, 15) is 5.26 Å². The summed E-state index contributed by atoms with van der Waals surface area (Å²) in [6.07, 6.45) is 12.1. The Bertz CT molecular complexity index is 1070. The molecule has 4 bridgehead atoms. The van der Waals surface area contributed by atoms with E-state index in [0.29, 0.717) is 35.3 Å². The van der Waals surface area contributed by atoms with Gasteiger partial charge in [0.15, 0.2) is 0 Å². The number of unbranched alkanes of at least 4 members (excludes halogenated alkanes) is 1. The van der Waals surface area contributed by atoms with Gasteiger partial charge < -0.3 is 21.1 Å². The molecule has 0 amide bonds. The molecule has 2 aromatic rings. The van der Waals surface area contributed by atoms with Gasteiger partial charge in [0.2, 0.25) is 5.95 Å². The summed E-state index contributed by atoms with van der Waals surface area (Å²) in [6, 6.07) is 11.2. The number of nitrogens with zero attached hydrogens (tertiary/aromatic N) is 3. The number of aliphatic hydroxyl groups is 1. The molecule has 0 radical (unpaired) electrons. The predicted molar refractivity (Wildman–Crippen MR) is 145 cm³/mol. The number of benzene rings is 1. The molecule has 8 heteroatoms. The molecule has 4 aliphatic carbocycles. The summed E-state index contributed by atoms with van der Waals surface area (Å²) in [5.41, 5.74) is 2.00. The topological polar surface area (TPSA) is 106 Å². The van der Waals surface area contributed by atoms with Crippen LogP contribution in [0.25, 0.3) is 0 Å². The summed E-state index contributed by atoms with van der Waals surface area (Å²) >= 11 is 1.73. The number of aliphatic hydroxyl groups excluding tert-OH is 1. The first-order chi connectivity index (χ1) is 17.6. The summed E-state index contributed by atoms with van der Waals surface area (Å²) in [5.74, 6) is 3.49. The van der Waals surface area contributed by atoms with Gasteiger partial charge in [0, 0.05) is 30.6 Å². The molecule has 4 aliphatic rings. The third-order valence-electron chi connectivity index (χ3n) is 8.53. The van der Waals surface area contributed by atoms with Crippen LogP contribution in [0, 0.1) is 34.5 Å². The second-order valence-electron chi connectivity index (χ2n) is 11.0. The normalized spacial score (nSPS) is 28.1. The third-order valence-corrected chi connectivity index (χ3v) is 9.37. The zero-order valence-corrected chi connectivity index (χ0v) is 22.0. The van der Waals surface area contributed by atoms with Crippen molar-refractivity contribution < 1.29 is 5.11 Å². The van der Waals surface area contributed by atoms with Gasteiger partial charge in [0.25, 0.3) is 0 Å². The Balaban J connectivity index is 1.23. The average molecular weight is 507 g/mol. The Morgan fingerprint density at radius 2 is 1.94 bits per heavy atom. The lowest BCUT2D eigenvalue weighted by Crippen LogP contribution is -2.59. The molecule has 1 aromatic carbocycles. The number of aromatic nitrogens is 2. The van der Waals surface area contributed by atoms with Crippen LogP contribution in [0.1, 0.15) is 56.1 Å². The lowest BCUT2D eigenvalue weighted by Gasteiger charge is -2.60. The van der Waals surface area contributed by atoms with E-state index < -0.39 is 0 Å². The van der Waals surface area contributed by atoms with Gasteiger partial charge in [-0.2, -0.15) is 10.2 Å². The summed E-state index contributed by atoms with van der Waals surface area (Å²) in [7, 11) is 0. The number of hydrogen-bond acceptors (Lipinski definition) is 8. The van der Waals surface area contributed by atoms with Crippen molar-refractivity contribution in [2.75, 3.05) is 36.6 Å². The number of rotatable bonds is 12. The van der Waals surface area contributed by atoms with Crippen molar-refractivity contribution in [3.05, 3.63) is 41.6 Å². The first-order valence-corrected chi connectivity index (χ1v) is 14.6. The Morgan fingerprint density at radius 1 is 1.14 bits per heavy atom. The molecule has 5 atom stereocenters. The Morgan fingerprint density at radius 3 is 2.69 bits per heavy atom. The van der Waals surface area contributed by atoms with Gasteiger partial charge in [-0.15, -0.1) is 11.8 Å².